The number of aryl methyl sites for hydroxylation is 4. The van der Waals surface area contributed by atoms with Crippen LogP contribution >= 0.6 is 0 Å². The van der Waals surface area contributed by atoms with Crippen LogP contribution in [0.3, 0.4) is 0 Å². The quantitative estimate of drug-likeness (QED) is 0.863. The molecular formula is C18H25N3O3. The summed E-state index contributed by atoms with van der Waals surface area (Å²) < 4.78 is 13.1. The predicted octanol–water partition coefficient (Wildman–Crippen LogP) is 2.47. The number of hydrogen-bond donors (Lipinski definition) is 0. The molecule has 24 heavy (non-hydrogen) atoms. The fraction of sp³-hybridized carbons (Fsp3) is 0.556. The Bertz CT molecular complexity index is 732. The van der Waals surface area contributed by atoms with Gasteiger partial charge in [-0.1, -0.05) is 0 Å². The van der Waals surface area contributed by atoms with Gasteiger partial charge in [-0.2, -0.15) is 5.10 Å². The molecule has 3 heterocycles. The first-order chi connectivity index (χ1) is 11.5. The molecule has 0 aliphatic carbocycles. The molecule has 0 N–H and O–H groups in total. The minimum absolute atomic E-state index is 0.0571. The Morgan fingerprint density at radius 1 is 1.33 bits per heavy atom. The molecule has 2 aromatic heterocycles. The normalized spacial score (nSPS) is 18.2. The first-order valence-corrected chi connectivity index (χ1v) is 8.40. The number of aromatic nitrogens is 2. The minimum Gasteiger partial charge on any atom is -0.466 e. The number of morpholine rings is 1. The van der Waals surface area contributed by atoms with Crippen LogP contribution in [0.4, 0.5) is 0 Å². The van der Waals surface area contributed by atoms with Crippen molar-refractivity contribution >= 4 is 5.91 Å². The molecule has 3 rings (SSSR count). The number of carbonyl (C=O) groups excluding carboxylic acids is 1. The number of nitrogens with zero attached hydrogens (tertiary/aromatic N) is 3. The highest BCUT2D eigenvalue weighted by Gasteiger charge is 2.32. The monoisotopic (exact) mass is 331 g/mol. The van der Waals surface area contributed by atoms with Crippen molar-refractivity contribution < 1.29 is 13.9 Å². The molecule has 130 valence electrons. The summed E-state index contributed by atoms with van der Waals surface area (Å²) in [5.41, 5.74) is 3.16. The van der Waals surface area contributed by atoms with Crippen molar-refractivity contribution in [2.75, 3.05) is 19.8 Å². The Morgan fingerprint density at radius 3 is 2.75 bits per heavy atom. The fourth-order valence-corrected chi connectivity index (χ4v) is 3.41. The molecule has 1 aliphatic rings. The zero-order valence-electron chi connectivity index (χ0n) is 14.8. The summed E-state index contributed by atoms with van der Waals surface area (Å²) in [5.74, 6) is 1.88. The largest absolute Gasteiger partial charge is 0.466 e. The highest BCUT2D eigenvalue weighted by atomic mass is 16.5. The molecule has 2 aromatic rings. The second kappa shape index (κ2) is 6.81. The van der Waals surface area contributed by atoms with Gasteiger partial charge in [0, 0.05) is 37.7 Å². The van der Waals surface area contributed by atoms with Crippen molar-refractivity contribution in [2.24, 2.45) is 7.05 Å². The summed E-state index contributed by atoms with van der Waals surface area (Å²) >= 11 is 0. The highest BCUT2D eigenvalue weighted by Crippen LogP contribution is 2.29. The standard InChI is InChI=1S/C18H25N3O3/c1-12-5-6-15(24-12)7-8-17(22)21-9-10-23-11-16(21)18-13(2)19-20(4)14(18)3/h5-6,16H,7-11H2,1-4H3. The van der Waals surface area contributed by atoms with Gasteiger partial charge in [-0.05, 0) is 32.9 Å². The van der Waals surface area contributed by atoms with Gasteiger partial charge in [0.25, 0.3) is 0 Å². The summed E-state index contributed by atoms with van der Waals surface area (Å²) in [6.07, 6.45) is 1.07. The van der Waals surface area contributed by atoms with E-state index in [1.807, 2.05) is 49.5 Å². The minimum atomic E-state index is -0.0571. The van der Waals surface area contributed by atoms with Crippen molar-refractivity contribution in [1.29, 1.82) is 0 Å². The summed E-state index contributed by atoms with van der Waals surface area (Å²) in [6.45, 7) is 7.68. The molecular weight excluding hydrogens is 306 g/mol. The van der Waals surface area contributed by atoms with Gasteiger partial charge in [0.1, 0.15) is 11.5 Å². The highest BCUT2D eigenvalue weighted by molar-refractivity contribution is 5.77. The third-order valence-corrected chi connectivity index (χ3v) is 4.73. The number of furan rings is 1. The van der Waals surface area contributed by atoms with Gasteiger partial charge < -0.3 is 14.1 Å². The van der Waals surface area contributed by atoms with Crippen LogP contribution in [-0.2, 0) is 23.0 Å². The molecule has 6 nitrogen and oxygen atoms in total. The Hall–Kier alpha value is -2.08. The number of amides is 1. The van der Waals surface area contributed by atoms with Gasteiger partial charge >= 0.3 is 0 Å². The topological polar surface area (TPSA) is 60.5 Å². The van der Waals surface area contributed by atoms with Gasteiger partial charge in [0.2, 0.25) is 5.91 Å². The molecule has 1 saturated heterocycles. The average molecular weight is 331 g/mol. The smallest absolute Gasteiger partial charge is 0.223 e. The number of carbonyl (C=O) groups is 1. The molecule has 1 unspecified atom stereocenters. The Balaban J connectivity index is 1.75. The maximum Gasteiger partial charge on any atom is 0.223 e. The van der Waals surface area contributed by atoms with E-state index in [0.717, 1.165) is 28.5 Å². The van der Waals surface area contributed by atoms with E-state index in [1.165, 1.54) is 0 Å². The maximum absolute atomic E-state index is 12.8. The molecule has 0 bridgehead atoms. The molecule has 1 amide bonds. The molecule has 1 fully saturated rings. The van der Waals surface area contributed by atoms with Gasteiger partial charge in [-0.25, -0.2) is 0 Å². The zero-order chi connectivity index (χ0) is 17.3. The summed E-state index contributed by atoms with van der Waals surface area (Å²) in [4.78, 5) is 14.7. The van der Waals surface area contributed by atoms with Crippen LogP contribution in [-0.4, -0.2) is 40.3 Å². The van der Waals surface area contributed by atoms with Crippen LogP contribution in [0.5, 0.6) is 0 Å². The molecule has 1 aliphatic heterocycles. The van der Waals surface area contributed by atoms with Gasteiger partial charge in [0.05, 0.1) is 24.9 Å². The van der Waals surface area contributed by atoms with E-state index in [0.29, 0.717) is 32.6 Å². The predicted molar refractivity (Wildman–Crippen MR) is 89.7 cm³/mol. The van der Waals surface area contributed by atoms with E-state index < -0.39 is 0 Å². The number of ether oxygens (including phenoxy) is 1. The lowest BCUT2D eigenvalue weighted by Gasteiger charge is -2.36. The second-order valence-corrected chi connectivity index (χ2v) is 6.40. The summed E-state index contributed by atoms with van der Waals surface area (Å²) in [6, 6.07) is 3.81. The number of rotatable bonds is 4. The maximum atomic E-state index is 12.8. The second-order valence-electron chi connectivity index (χ2n) is 6.40. The Kier molecular flexibility index (Phi) is 4.76. The Labute approximate surface area is 142 Å². The average Bonchev–Trinajstić information content (AvgIpc) is 3.08. The van der Waals surface area contributed by atoms with E-state index >= 15 is 0 Å². The van der Waals surface area contributed by atoms with Crippen molar-refractivity contribution in [1.82, 2.24) is 14.7 Å². The van der Waals surface area contributed by atoms with E-state index in [-0.39, 0.29) is 11.9 Å². The van der Waals surface area contributed by atoms with Crippen molar-refractivity contribution in [3.05, 3.63) is 40.6 Å². The first kappa shape index (κ1) is 16.8. The van der Waals surface area contributed by atoms with Crippen molar-refractivity contribution in [3.63, 3.8) is 0 Å². The third kappa shape index (κ3) is 3.24. The van der Waals surface area contributed by atoms with Crippen LogP contribution in [0.25, 0.3) is 0 Å². The van der Waals surface area contributed by atoms with Crippen molar-refractivity contribution in [3.8, 4) is 0 Å². The molecule has 1 atom stereocenters. The van der Waals surface area contributed by atoms with Crippen LogP contribution in [0.2, 0.25) is 0 Å². The zero-order valence-corrected chi connectivity index (χ0v) is 14.8. The van der Waals surface area contributed by atoms with Crippen LogP contribution in [0.1, 0.15) is 40.9 Å². The molecule has 0 saturated carbocycles. The Morgan fingerprint density at radius 2 is 2.12 bits per heavy atom. The molecule has 6 heteroatoms. The lowest BCUT2D eigenvalue weighted by Crippen LogP contribution is -2.43. The van der Waals surface area contributed by atoms with Gasteiger partial charge in [-0.3, -0.25) is 9.48 Å². The first-order valence-electron chi connectivity index (χ1n) is 8.40. The summed E-state index contributed by atoms with van der Waals surface area (Å²) in [7, 11) is 1.93. The lowest BCUT2D eigenvalue weighted by atomic mass is 10.0. The molecule has 0 spiro atoms. The molecule has 0 radical (unpaired) electrons. The SMILES string of the molecule is Cc1ccc(CCC(=O)N2CCOCC2c2c(C)nn(C)c2C)o1. The van der Waals surface area contributed by atoms with E-state index in [2.05, 4.69) is 5.10 Å². The molecule has 0 aromatic carbocycles. The van der Waals surface area contributed by atoms with Crippen LogP contribution in [0, 0.1) is 20.8 Å². The van der Waals surface area contributed by atoms with Crippen LogP contribution in [0.15, 0.2) is 16.5 Å². The van der Waals surface area contributed by atoms with Crippen LogP contribution < -0.4 is 0 Å². The fourth-order valence-electron chi connectivity index (χ4n) is 3.41. The lowest BCUT2D eigenvalue weighted by molar-refractivity contribution is -0.140. The van der Waals surface area contributed by atoms with Gasteiger partial charge in [-0.15, -0.1) is 0 Å². The third-order valence-electron chi connectivity index (χ3n) is 4.73. The van der Waals surface area contributed by atoms with Gasteiger partial charge in [0.15, 0.2) is 0 Å². The summed E-state index contributed by atoms with van der Waals surface area (Å²) in [5, 5.41) is 4.48. The van der Waals surface area contributed by atoms with E-state index in [9.17, 15) is 4.79 Å². The number of hydrogen-bond acceptors (Lipinski definition) is 4. The van der Waals surface area contributed by atoms with E-state index in [1.54, 1.807) is 0 Å². The van der Waals surface area contributed by atoms with Crippen molar-refractivity contribution in [2.45, 2.75) is 39.7 Å². The van der Waals surface area contributed by atoms with E-state index in [4.69, 9.17) is 9.15 Å².